The van der Waals surface area contributed by atoms with Crippen molar-refractivity contribution in [2.24, 2.45) is 0 Å². The number of benzene rings is 3. The van der Waals surface area contributed by atoms with Gasteiger partial charge in [0, 0.05) is 0 Å². The molecular weight excluding hydrogens is 498 g/mol. The van der Waals surface area contributed by atoms with Gasteiger partial charge in [0.05, 0.1) is 0 Å². The minimum atomic E-state index is -4.71. The molecule has 3 aromatic rings. The van der Waals surface area contributed by atoms with Crippen LogP contribution in [0.1, 0.15) is 16.7 Å². The zero-order valence-corrected chi connectivity index (χ0v) is 17.2. The molecule has 0 N–H and O–H groups in total. The van der Waals surface area contributed by atoms with Crippen molar-refractivity contribution in [3.05, 3.63) is 89.5 Å². The molecule has 0 radical (unpaired) electrons. The van der Waals surface area contributed by atoms with Gasteiger partial charge in [-0.2, -0.15) is 0 Å². The fourth-order valence-corrected chi connectivity index (χ4v) is 7.96. The zero-order valence-electron chi connectivity index (χ0n) is 15.3. The molecule has 3 aromatic carbocycles. The summed E-state index contributed by atoms with van der Waals surface area (Å²) in [4.78, 5) is 0. The van der Waals surface area contributed by atoms with Crippen molar-refractivity contribution in [1.29, 1.82) is 0 Å². The molecular formula is C21H12AsF9. The summed E-state index contributed by atoms with van der Waals surface area (Å²) in [5, 5.41) is 0. The summed E-state index contributed by atoms with van der Waals surface area (Å²) < 4.78 is 119. The minimum absolute atomic E-state index is 0.0565. The molecule has 0 saturated carbocycles. The molecule has 0 aliphatic carbocycles. The first-order valence-corrected chi connectivity index (χ1v) is 11.4. The van der Waals surface area contributed by atoms with Gasteiger partial charge < -0.3 is 0 Å². The van der Waals surface area contributed by atoms with Crippen molar-refractivity contribution in [1.82, 2.24) is 0 Å². The van der Waals surface area contributed by atoms with Crippen molar-refractivity contribution in [2.75, 3.05) is 0 Å². The molecule has 3 rings (SSSR count). The maximum absolute atomic E-state index is 13.2. The van der Waals surface area contributed by atoms with Crippen LogP contribution in [0.4, 0.5) is 39.5 Å². The van der Waals surface area contributed by atoms with Crippen molar-refractivity contribution in [2.45, 2.75) is 18.5 Å². The molecule has 0 aliphatic rings. The summed E-state index contributed by atoms with van der Waals surface area (Å²) >= 11 is -3.20. The third-order valence-corrected chi connectivity index (χ3v) is 9.30. The molecule has 0 spiro atoms. The van der Waals surface area contributed by atoms with E-state index in [4.69, 9.17) is 0 Å². The van der Waals surface area contributed by atoms with E-state index in [0.717, 1.165) is 54.6 Å². The standard InChI is InChI=1S/C21H12AsF9/c23-19(24,25)13-4-1-7-16(10-13)22(17-8-2-5-14(11-17)20(26,27)28)18-9-3-6-15(12-18)21(29,30)31/h1-12H. The summed E-state index contributed by atoms with van der Waals surface area (Å²) in [5.41, 5.74) is -3.07. The van der Waals surface area contributed by atoms with Crippen LogP contribution >= 0.6 is 0 Å². The van der Waals surface area contributed by atoms with E-state index in [9.17, 15) is 39.5 Å². The molecule has 0 amide bonds. The van der Waals surface area contributed by atoms with Gasteiger partial charge in [0.25, 0.3) is 0 Å². The monoisotopic (exact) mass is 510 g/mol. The van der Waals surface area contributed by atoms with Crippen molar-refractivity contribution in [3.63, 3.8) is 0 Å². The Labute approximate surface area is 175 Å². The molecule has 0 unspecified atom stereocenters. The van der Waals surface area contributed by atoms with Gasteiger partial charge in [0.15, 0.2) is 0 Å². The molecule has 0 heterocycles. The number of halogens is 9. The molecule has 0 atom stereocenters. The number of alkyl halides is 9. The van der Waals surface area contributed by atoms with Gasteiger partial charge in [-0.3, -0.25) is 0 Å². The van der Waals surface area contributed by atoms with Gasteiger partial charge in [-0.25, -0.2) is 0 Å². The summed E-state index contributed by atoms with van der Waals surface area (Å²) in [6.45, 7) is 0. The predicted molar refractivity (Wildman–Crippen MR) is 99.0 cm³/mol. The normalized spacial score (nSPS) is 13.0. The quantitative estimate of drug-likeness (QED) is 0.334. The zero-order chi connectivity index (χ0) is 23.0. The van der Waals surface area contributed by atoms with Crippen LogP contribution in [0, 0.1) is 0 Å². The van der Waals surface area contributed by atoms with Crippen molar-refractivity contribution < 1.29 is 39.5 Å². The van der Waals surface area contributed by atoms with Crippen LogP contribution in [0.3, 0.4) is 0 Å². The van der Waals surface area contributed by atoms with Crippen LogP contribution in [0.2, 0.25) is 0 Å². The van der Waals surface area contributed by atoms with E-state index in [2.05, 4.69) is 0 Å². The second-order valence-corrected chi connectivity index (χ2v) is 11.1. The molecule has 0 bridgehead atoms. The molecule has 164 valence electrons. The predicted octanol–water partition coefficient (Wildman–Crippen LogP) is 5.26. The Bertz CT molecular complexity index is 928. The van der Waals surface area contributed by atoms with E-state index in [1.54, 1.807) is 0 Å². The van der Waals surface area contributed by atoms with E-state index < -0.39 is 49.9 Å². The van der Waals surface area contributed by atoms with Crippen LogP contribution in [0.5, 0.6) is 0 Å². The summed E-state index contributed by atoms with van der Waals surface area (Å²) in [6.07, 6.45) is -14.1. The average Bonchev–Trinajstić information content (AvgIpc) is 2.67. The number of hydrogen-bond acceptors (Lipinski definition) is 0. The fraction of sp³-hybridized carbons (Fsp3) is 0.143. The second kappa shape index (κ2) is 8.26. The maximum atomic E-state index is 13.2. The van der Waals surface area contributed by atoms with Gasteiger partial charge in [0.1, 0.15) is 0 Å². The van der Waals surface area contributed by atoms with Crippen molar-refractivity contribution >= 4 is 27.7 Å². The topological polar surface area (TPSA) is 0 Å². The Kier molecular flexibility index (Phi) is 6.20. The molecule has 0 saturated heterocycles. The molecule has 0 nitrogen and oxygen atoms in total. The van der Waals surface area contributed by atoms with Crippen molar-refractivity contribution in [3.8, 4) is 0 Å². The summed E-state index contributed by atoms with van der Waals surface area (Å²) in [7, 11) is 0. The van der Waals surface area contributed by atoms with Gasteiger partial charge in [-0.15, -0.1) is 0 Å². The van der Waals surface area contributed by atoms with E-state index in [1.165, 1.54) is 18.2 Å². The van der Waals surface area contributed by atoms with Crippen LogP contribution in [-0.2, 0) is 18.5 Å². The Hall–Kier alpha value is -2.41. The van der Waals surface area contributed by atoms with Gasteiger partial charge in [-0.1, -0.05) is 0 Å². The van der Waals surface area contributed by atoms with E-state index in [0.29, 0.717) is 0 Å². The van der Waals surface area contributed by atoms with E-state index in [1.807, 2.05) is 0 Å². The average molecular weight is 510 g/mol. The second-order valence-electron chi connectivity index (χ2n) is 6.48. The Morgan fingerprint density at radius 3 is 0.903 bits per heavy atom. The van der Waals surface area contributed by atoms with Crippen LogP contribution < -0.4 is 13.1 Å². The molecule has 10 heteroatoms. The van der Waals surface area contributed by atoms with Crippen LogP contribution in [-0.4, -0.2) is 14.7 Å². The number of hydrogen-bond donors (Lipinski definition) is 0. The Balaban J connectivity index is 2.24. The Morgan fingerprint density at radius 1 is 0.419 bits per heavy atom. The fourth-order valence-electron chi connectivity index (χ4n) is 2.91. The van der Waals surface area contributed by atoms with Gasteiger partial charge >= 0.3 is 175 Å². The third kappa shape index (κ3) is 5.45. The van der Waals surface area contributed by atoms with Crippen LogP contribution in [0.15, 0.2) is 72.8 Å². The van der Waals surface area contributed by atoms with Gasteiger partial charge in [0.2, 0.25) is 0 Å². The van der Waals surface area contributed by atoms with E-state index >= 15 is 0 Å². The molecule has 31 heavy (non-hydrogen) atoms. The summed E-state index contributed by atoms with van der Waals surface area (Å²) in [5.74, 6) is 0. The molecule has 0 aromatic heterocycles. The molecule has 0 aliphatic heterocycles. The summed E-state index contributed by atoms with van der Waals surface area (Å²) in [6, 6.07) is 12.0. The molecule has 0 fully saturated rings. The van der Waals surface area contributed by atoms with Gasteiger partial charge in [-0.05, 0) is 0 Å². The number of rotatable bonds is 3. The SMILES string of the molecule is FC(F)(F)c1cccc([As](c2cccc(C(F)(F)F)c2)c2cccc(C(F)(F)F)c2)c1. The third-order valence-electron chi connectivity index (χ3n) is 4.30. The van der Waals surface area contributed by atoms with E-state index in [-0.39, 0.29) is 13.1 Å². The first-order valence-electron chi connectivity index (χ1n) is 8.59. The Morgan fingerprint density at radius 2 is 0.677 bits per heavy atom. The first-order chi connectivity index (χ1) is 14.3. The van der Waals surface area contributed by atoms with Crippen LogP contribution in [0.25, 0.3) is 0 Å². The first kappa shape index (κ1) is 23.3.